The van der Waals surface area contributed by atoms with Crippen LogP contribution in [0, 0.1) is 0 Å². The van der Waals surface area contributed by atoms with Crippen LogP contribution in [0.25, 0.3) is 0 Å². The molecule has 1 fully saturated rings. The Labute approximate surface area is 122 Å². The number of hydrogen-bond acceptors (Lipinski definition) is 3. The Morgan fingerprint density at radius 1 is 1.16 bits per heavy atom. The monoisotopic (exact) mass is 278 g/mol. The van der Waals surface area contributed by atoms with Crippen molar-refractivity contribution in [2.45, 2.75) is 31.1 Å². The van der Waals surface area contributed by atoms with Crippen LogP contribution in [0.3, 0.4) is 0 Å². The lowest BCUT2D eigenvalue weighted by molar-refractivity contribution is 0.289. The van der Waals surface area contributed by atoms with E-state index in [4.69, 9.17) is 0 Å². The van der Waals surface area contributed by atoms with E-state index in [1.165, 1.54) is 55.9 Å². The maximum absolute atomic E-state index is 3.46. The highest BCUT2D eigenvalue weighted by atomic mass is 32.2. The third-order valence-corrected chi connectivity index (χ3v) is 4.50. The van der Waals surface area contributed by atoms with Crippen molar-refractivity contribution in [2.75, 3.05) is 38.5 Å². The van der Waals surface area contributed by atoms with Gasteiger partial charge in [0.25, 0.3) is 0 Å². The van der Waals surface area contributed by atoms with E-state index >= 15 is 0 Å². The molecule has 1 aromatic carbocycles. The minimum absolute atomic E-state index is 1.16. The molecule has 1 saturated heterocycles. The van der Waals surface area contributed by atoms with E-state index in [-0.39, 0.29) is 0 Å². The number of nitrogens with one attached hydrogen (secondary N) is 1. The van der Waals surface area contributed by atoms with Gasteiger partial charge in [-0.25, -0.2) is 0 Å². The number of hydrogen-bond donors (Lipinski definition) is 1. The molecule has 0 radical (unpaired) electrons. The molecule has 0 spiro atoms. The van der Waals surface area contributed by atoms with Gasteiger partial charge in [0.2, 0.25) is 0 Å². The van der Waals surface area contributed by atoms with E-state index in [1.807, 2.05) is 11.8 Å². The lowest BCUT2D eigenvalue weighted by atomic mass is 10.1. The van der Waals surface area contributed by atoms with Crippen molar-refractivity contribution in [3.8, 4) is 0 Å². The van der Waals surface area contributed by atoms with Crippen molar-refractivity contribution in [2.24, 2.45) is 0 Å². The van der Waals surface area contributed by atoms with Gasteiger partial charge < -0.3 is 10.2 Å². The van der Waals surface area contributed by atoms with Crippen LogP contribution in [0.4, 0.5) is 0 Å². The minimum atomic E-state index is 1.16. The molecule has 2 rings (SSSR count). The van der Waals surface area contributed by atoms with E-state index in [1.54, 1.807) is 0 Å². The molecule has 1 aromatic rings. The third kappa shape index (κ3) is 5.55. The van der Waals surface area contributed by atoms with Crippen molar-refractivity contribution in [1.82, 2.24) is 10.2 Å². The summed E-state index contributed by atoms with van der Waals surface area (Å²) in [5, 5.41) is 3.46. The maximum Gasteiger partial charge on any atom is 0.0107 e. The molecule has 19 heavy (non-hydrogen) atoms. The van der Waals surface area contributed by atoms with Crippen LogP contribution < -0.4 is 5.32 Å². The van der Waals surface area contributed by atoms with Crippen molar-refractivity contribution >= 4 is 11.8 Å². The lowest BCUT2D eigenvalue weighted by Crippen LogP contribution is -2.29. The second-order valence-corrected chi connectivity index (χ2v) is 6.46. The van der Waals surface area contributed by atoms with Gasteiger partial charge in [0.05, 0.1) is 0 Å². The first-order valence-corrected chi connectivity index (χ1v) is 8.52. The Hall–Kier alpha value is -0.510. The normalized spacial score (nSPS) is 17.3. The van der Waals surface area contributed by atoms with Crippen LogP contribution in [0.5, 0.6) is 0 Å². The van der Waals surface area contributed by atoms with Gasteiger partial charge in [0.1, 0.15) is 0 Å². The van der Waals surface area contributed by atoms with Crippen molar-refractivity contribution < 1.29 is 0 Å². The molecule has 0 aliphatic carbocycles. The summed E-state index contributed by atoms with van der Waals surface area (Å²) < 4.78 is 0. The molecule has 2 nitrogen and oxygen atoms in total. The summed E-state index contributed by atoms with van der Waals surface area (Å²) in [5.74, 6) is 1.16. The average Bonchev–Trinajstić information content (AvgIpc) is 2.70. The van der Waals surface area contributed by atoms with Crippen molar-refractivity contribution in [1.29, 1.82) is 0 Å². The SMILES string of the molecule is CCSc1ccc(CCCN2CCCNCC2)cc1. The summed E-state index contributed by atoms with van der Waals surface area (Å²) >= 11 is 1.92. The zero-order chi connectivity index (χ0) is 13.3. The zero-order valence-electron chi connectivity index (χ0n) is 12.0. The van der Waals surface area contributed by atoms with E-state index < -0.39 is 0 Å². The van der Waals surface area contributed by atoms with Crippen LogP contribution in [-0.4, -0.2) is 43.4 Å². The highest BCUT2D eigenvalue weighted by molar-refractivity contribution is 7.99. The molecule has 0 saturated carbocycles. The molecule has 0 atom stereocenters. The zero-order valence-corrected chi connectivity index (χ0v) is 12.8. The molecular formula is C16H26N2S. The summed E-state index contributed by atoms with van der Waals surface area (Å²) in [4.78, 5) is 3.99. The molecule has 1 heterocycles. The molecule has 0 unspecified atom stereocenters. The molecule has 1 N–H and O–H groups in total. The lowest BCUT2D eigenvalue weighted by Gasteiger charge is -2.19. The molecule has 1 aliphatic rings. The number of nitrogens with zero attached hydrogens (tertiary/aromatic N) is 1. The molecule has 1 aliphatic heterocycles. The van der Waals surface area contributed by atoms with Crippen LogP contribution in [0.1, 0.15) is 25.3 Å². The van der Waals surface area contributed by atoms with Crippen molar-refractivity contribution in [3.63, 3.8) is 0 Å². The Kier molecular flexibility index (Phi) is 6.75. The summed E-state index contributed by atoms with van der Waals surface area (Å²) in [6.45, 7) is 8.27. The molecular weight excluding hydrogens is 252 g/mol. The second-order valence-electron chi connectivity index (χ2n) is 5.13. The van der Waals surface area contributed by atoms with Gasteiger partial charge in [-0.2, -0.15) is 0 Å². The smallest absolute Gasteiger partial charge is 0.0107 e. The first kappa shape index (κ1) is 14.9. The fourth-order valence-electron chi connectivity index (χ4n) is 2.55. The first-order chi connectivity index (χ1) is 9.38. The van der Waals surface area contributed by atoms with Gasteiger partial charge in [-0.15, -0.1) is 11.8 Å². The van der Waals surface area contributed by atoms with Crippen LogP contribution in [0.15, 0.2) is 29.2 Å². The first-order valence-electron chi connectivity index (χ1n) is 7.53. The fraction of sp³-hybridized carbons (Fsp3) is 0.625. The largest absolute Gasteiger partial charge is 0.315 e. The standard InChI is InChI=1S/C16H26N2S/c1-2-19-16-8-6-15(7-9-16)5-3-12-18-13-4-10-17-11-14-18/h6-9,17H,2-5,10-14H2,1H3. The highest BCUT2D eigenvalue weighted by Gasteiger charge is 2.07. The Balaban J connectivity index is 1.69. The third-order valence-electron chi connectivity index (χ3n) is 3.61. The quantitative estimate of drug-likeness (QED) is 0.805. The Morgan fingerprint density at radius 3 is 2.79 bits per heavy atom. The van der Waals surface area contributed by atoms with Gasteiger partial charge in [-0.3, -0.25) is 0 Å². The average molecular weight is 278 g/mol. The van der Waals surface area contributed by atoms with Gasteiger partial charge in [-0.1, -0.05) is 19.1 Å². The molecule has 0 bridgehead atoms. The number of rotatable bonds is 6. The van der Waals surface area contributed by atoms with E-state index in [9.17, 15) is 0 Å². The predicted octanol–water partition coefficient (Wildman–Crippen LogP) is 3.03. The van der Waals surface area contributed by atoms with Gasteiger partial charge in [0, 0.05) is 18.0 Å². The maximum atomic E-state index is 3.46. The second kappa shape index (κ2) is 8.62. The van der Waals surface area contributed by atoms with Gasteiger partial charge in [0.15, 0.2) is 0 Å². The number of aryl methyl sites for hydroxylation is 1. The van der Waals surface area contributed by atoms with Crippen molar-refractivity contribution in [3.05, 3.63) is 29.8 Å². The van der Waals surface area contributed by atoms with Crippen LogP contribution in [0.2, 0.25) is 0 Å². The Bertz CT molecular complexity index is 342. The van der Waals surface area contributed by atoms with E-state index in [0.29, 0.717) is 0 Å². The summed E-state index contributed by atoms with van der Waals surface area (Å²) in [6, 6.07) is 9.11. The fourth-order valence-corrected chi connectivity index (χ4v) is 3.21. The van der Waals surface area contributed by atoms with Gasteiger partial charge >= 0.3 is 0 Å². The van der Waals surface area contributed by atoms with Gasteiger partial charge in [-0.05, 0) is 62.3 Å². The molecule has 106 valence electrons. The van der Waals surface area contributed by atoms with E-state index in [0.717, 1.165) is 12.3 Å². The molecule has 0 amide bonds. The minimum Gasteiger partial charge on any atom is -0.315 e. The predicted molar refractivity (Wildman–Crippen MR) is 85.1 cm³/mol. The van der Waals surface area contributed by atoms with E-state index in [2.05, 4.69) is 41.4 Å². The Morgan fingerprint density at radius 2 is 2.00 bits per heavy atom. The van der Waals surface area contributed by atoms with Crippen LogP contribution in [-0.2, 0) is 6.42 Å². The molecule has 0 aromatic heterocycles. The summed E-state index contributed by atoms with van der Waals surface area (Å²) in [6.07, 6.45) is 3.78. The topological polar surface area (TPSA) is 15.3 Å². The molecule has 3 heteroatoms. The van der Waals surface area contributed by atoms with Crippen LogP contribution >= 0.6 is 11.8 Å². The number of thioether (sulfide) groups is 1. The highest BCUT2D eigenvalue weighted by Crippen LogP contribution is 2.18. The number of benzene rings is 1. The summed E-state index contributed by atoms with van der Waals surface area (Å²) in [7, 11) is 0. The summed E-state index contributed by atoms with van der Waals surface area (Å²) in [5.41, 5.74) is 1.48.